The summed E-state index contributed by atoms with van der Waals surface area (Å²) in [4.78, 5) is 4.69. The van der Waals surface area contributed by atoms with Gasteiger partial charge in [0.15, 0.2) is 0 Å². The summed E-state index contributed by atoms with van der Waals surface area (Å²) in [5.41, 5.74) is 1.34. The molecule has 0 saturated carbocycles. The van der Waals surface area contributed by atoms with Gasteiger partial charge in [-0.2, -0.15) is 9.29 Å². The van der Waals surface area contributed by atoms with Crippen molar-refractivity contribution in [1.29, 1.82) is 0 Å². The fourth-order valence-electron chi connectivity index (χ4n) is 3.62. The van der Waals surface area contributed by atoms with Gasteiger partial charge in [-0.15, -0.1) is 0 Å². The second kappa shape index (κ2) is 9.58. The Kier molecular flexibility index (Phi) is 6.61. The van der Waals surface area contributed by atoms with Crippen LogP contribution in [0.15, 0.2) is 51.9 Å². The number of piperidine rings is 1. The topological polar surface area (TPSA) is 107 Å². The molecule has 3 aromatic rings. The van der Waals surface area contributed by atoms with Gasteiger partial charge in [0, 0.05) is 24.8 Å². The Hall–Kier alpha value is -3.11. The summed E-state index contributed by atoms with van der Waals surface area (Å²) < 4.78 is 43.4. The van der Waals surface area contributed by atoms with Crippen molar-refractivity contribution in [3.8, 4) is 22.9 Å². The number of aromatic nitrogens is 2. The van der Waals surface area contributed by atoms with Crippen LogP contribution in [0.2, 0.25) is 0 Å². The number of ether oxygens (including phenoxy) is 2. The first-order valence-electron chi connectivity index (χ1n) is 10.4. The molecule has 2 aromatic carbocycles. The normalized spacial score (nSPS) is 14.8. The molecule has 1 aliphatic rings. The summed E-state index contributed by atoms with van der Waals surface area (Å²) >= 11 is 0. The highest BCUT2D eigenvalue weighted by Gasteiger charge is 2.26. The highest BCUT2D eigenvalue weighted by atomic mass is 32.2. The molecule has 0 amide bonds. The van der Waals surface area contributed by atoms with Gasteiger partial charge >= 0.3 is 0 Å². The van der Waals surface area contributed by atoms with E-state index in [0.717, 1.165) is 19.3 Å². The number of nitrogens with zero attached hydrogens (tertiary/aromatic N) is 3. The monoisotopic (exact) mass is 458 g/mol. The standard InChI is InChI=1S/C22H26N4O5S/c1-29-17-9-10-19(20(14-17)30-2)22-24-21(31-25-22)15-23-16-7-6-8-18(13-16)32(27,28)26-11-4-3-5-12-26/h6-10,13-14,23H,3-5,11-12,15H2,1-2H3. The summed E-state index contributed by atoms with van der Waals surface area (Å²) in [6.45, 7) is 1.39. The van der Waals surface area contributed by atoms with Crippen LogP contribution in [0, 0.1) is 0 Å². The second-order valence-corrected chi connectivity index (χ2v) is 9.36. The molecule has 32 heavy (non-hydrogen) atoms. The lowest BCUT2D eigenvalue weighted by Crippen LogP contribution is -2.35. The summed E-state index contributed by atoms with van der Waals surface area (Å²) in [5.74, 6) is 1.99. The number of methoxy groups -OCH3 is 2. The van der Waals surface area contributed by atoms with Crippen LogP contribution in [-0.4, -0.2) is 50.2 Å². The molecule has 0 atom stereocenters. The Morgan fingerprint density at radius 2 is 1.88 bits per heavy atom. The lowest BCUT2D eigenvalue weighted by molar-refractivity contribution is 0.346. The average molecular weight is 459 g/mol. The first kappa shape index (κ1) is 22.1. The van der Waals surface area contributed by atoms with E-state index in [4.69, 9.17) is 14.0 Å². The van der Waals surface area contributed by atoms with E-state index in [1.165, 1.54) is 0 Å². The summed E-state index contributed by atoms with van der Waals surface area (Å²) in [6, 6.07) is 12.1. The predicted molar refractivity (Wildman–Crippen MR) is 119 cm³/mol. The van der Waals surface area contributed by atoms with Gasteiger partial charge in [-0.1, -0.05) is 17.6 Å². The van der Waals surface area contributed by atoms with Crippen molar-refractivity contribution in [3.05, 3.63) is 48.4 Å². The van der Waals surface area contributed by atoms with Crippen LogP contribution in [0.1, 0.15) is 25.2 Å². The van der Waals surface area contributed by atoms with Crippen molar-refractivity contribution in [1.82, 2.24) is 14.4 Å². The van der Waals surface area contributed by atoms with E-state index in [1.54, 1.807) is 61.0 Å². The van der Waals surface area contributed by atoms with Gasteiger partial charge in [-0.25, -0.2) is 8.42 Å². The number of sulfonamides is 1. The highest BCUT2D eigenvalue weighted by molar-refractivity contribution is 7.89. The molecule has 0 spiro atoms. The lowest BCUT2D eigenvalue weighted by atomic mass is 10.2. The molecule has 9 nitrogen and oxygen atoms in total. The summed E-state index contributed by atoms with van der Waals surface area (Å²) in [6.07, 6.45) is 2.87. The Balaban J connectivity index is 1.46. The largest absolute Gasteiger partial charge is 0.497 e. The Morgan fingerprint density at radius 3 is 2.62 bits per heavy atom. The van der Waals surface area contributed by atoms with Gasteiger partial charge in [0.05, 0.1) is 31.2 Å². The third kappa shape index (κ3) is 4.71. The maximum atomic E-state index is 12.9. The number of nitrogens with one attached hydrogen (secondary N) is 1. The molecule has 0 radical (unpaired) electrons. The van der Waals surface area contributed by atoms with Crippen molar-refractivity contribution >= 4 is 15.7 Å². The zero-order valence-corrected chi connectivity index (χ0v) is 18.9. The van der Waals surface area contributed by atoms with Crippen LogP contribution < -0.4 is 14.8 Å². The smallest absolute Gasteiger partial charge is 0.246 e. The van der Waals surface area contributed by atoms with Gasteiger partial charge in [0.1, 0.15) is 11.5 Å². The molecule has 4 rings (SSSR count). The number of rotatable bonds is 8. The van der Waals surface area contributed by atoms with Crippen LogP contribution in [0.25, 0.3) is 11.4 Å². The van der Waals surface area contributed by atoms with Crippen LogP contribution in [0.5, 0.6) is 11.5 Å². The average Bonchev–Trinajstić information content (AvgIpc) is 3.32. The van der Waals surface area contributed by atoms with Crippen molar-refractivity contribution in [3.63, 3.8) is 0 Å². The molecular weight excluding hydrogens is 432 g/mol. The van der Waals surface area contributed by atoms with Crippen LogP contribution >= 0.6 is 0 Å². The highest BCUT2D eigenvalue weighted by Crippen LogP contribution is 2.31. The van der Waals surface area contributed by atoms with Crippen molar-refractivity contribution in [2.24, 2.45) is 0 Å². The molecule has 1 aromatic heterocycles. The zero-order valence-electron chi connectivity index (χ0n) is 18.1. The number of benzene rings is 2. The second-order valence-electron chi connectivity index (χ2n) is 7.42. The van der Waals surface area contributed by atoms with Gasteiger partial charge in [0.25, 0.3) is 0 Å². The van der Waals surface area contributed by atoms with Gasteiger partial charge in [-0.05, 0) is 43.2 Å². The van der Waals surface area contributed by atoms with Crippen molar-refractivity contribution < 1.29 is 22.4 Å². The Labute approximate surface area is 187 Å². The predicted octanol–water partition coefficient (Wildman–Crippen LogP) is 3.54. The molecule has 1 saturated heterocycles. The molecule has 1 fully saturated rings. The van der Waals surface area contributed by atoms with Crippen LogP contribution in [0.3, 0.4) is 0 Å². The molecular formula is C22H26N4O5S. The van der Waals surface area contributed by atoms with Crippen molar-refractivity contribution in [2.45, 2.75) is 30.7 Å². The lowest BCUT2D eigenvalue weighted by Gasteiger charge is -2.26. The molecule has 0 unspecified atom stereocenters. The van der Waals surface area contributed by atoms with Gasteiger partial charge < -0.3 is 19.3 Å². The van der Waals surface area contributed by atoms with E-state index in [2.05, 4.69) is 15.5 Å². The minimum atomic E-state index is -3.50. The van der Waals surface area contributed by atoms with Crippen molar-refractivity contribution in [2.75, 3.05) is 32.6 Å². The Morgan fingerprint density at radius 1 is 1.06 bits per heavy atom. The SMILES string of the molecule is COc1ccc(-c2noc(CNc3cccc(S(=O)(=O)N4CCCCC4)c3)n2)c(OC)c1. The van der Waals surface area contributed by atoms with E-state index in [1.807, 2.05) is 0 Å². The Bertz CT molecular complexity index is 1170. The van der Waals surface area contributed by atoms with Crippen LogP contribution in [-0.2, 0) is 16.6 Å². The van der Waals surface area contributed by atoms with Gasteiger partial charge in [0.2, 0.25) is 21.7 Å². The first-order chi connectivity index (χ1) is 15.5. The van der Waals surface area contributed by atoms with E-state index in [-0.39, 0.29) is 11.4 Å². The summed E-state index contributed by atoms with van der Waals surface area (Å²) in [5, 5.41) is 7.19. The third-order valence-electron chi connectivity index (χ3n) is 5.35. The zero-order chi connectivity index (χ0) is 22.6. The molecule has 2 heterocycles. The first-order valence-corrected chi connectivity index (χ1v) is 11.8. The maximum absolute atomic E-state index is 12.9. The molecule has 0 bridgehead atoms. The van der Waals surface area contributed by atoms with Crippen LogP contribution in [0.4, 0.5) is 5.69 Å². The third-order valence-corrected chi connectivity index (χ3v) is 7.24. The molecule has 170 valence electrons. The molecule has 1 aliphatic heterocycles. The quantitative estimate of drug-likeness (QED) is 0.546. The molecule has 10 heteroatoms. The molecule has 0 aliphatic carbocycles. The molecule has 1 N–H and O–H groups in total. The van der Waals surface area contributed by atoms with Gasteiger partial charge in [-0.3, -0.25) is 0 Å². The van der Waals surface area contributed by atoms with E-state index in [0.29, 0.717) is 47.6 Å². The maximum Gasteiger partial charge on any atom is 0.246 e. The number of anilines is 1. The minimum absolute atomic E-state index is 0.249. The fraction of sp³-hybridized carbons (Fsp3) is 0.364. The minimum Gasteiger partial charge on any atom is -0.497 e. The van der Waals surface area contributed by atoms with E-state index >= 15 is 0 Å². The fourth-order valence-corrected chi connectivity index (χ4v) is 5.18. The summed E-state index contributed by atoms with van der Waals surface area (Å²) in [7, 11) is -0.351. The number of hydrogen-bond donors (Lipinski definition) is 1. The van der Waals surface area contributed by atoms with E-state index < -0.39 is 10.0 Å². The number of hydrogen-bond acceptors (Lipinski definition) is 8. The van der Waals surface area contributed by atoms with E-state index in [9.17, 15) is 8.42 Å².